The first kappa shape index (κ1) is 33.9. The van der Waals surface area contributed by atoms with Crippen molar-refractivity contribution in [3.8, 4) is 5.69 Å². The number of anilines is 1. The van der Waals surface area contributed by atoms with E-state index in [-0.39, 0.29) is 22.8 Å². The number of carbonyl (C=O) groups is 1. The average Bonchev–Trinajstić information content (AvgIpc) is 3.73. The minimum absolute atomic E-state index is 0.0390. The van der Waals surface area contributed by atoms with Gasteiger partial charge in [0.05, 0.1) is 32.6 Å². The van der Waals surface area contributed by atoms with Crippen molar-refractivity contribution in [3.63, 3.8) is 0 Å². The van der Waals surface area contributed by atoms with Crippen molar-refractivity contribution in [1.29, 1.82) is 5.41 Å². The fraction of sp³-hybridized carbons (Fsp3) is 0.333. The molecule has 1 saturated carbocycles. The smallest absolute Gasteiger partial charge is 0.384 e. The van der Waals surface area contributed by atoms with Crippen LogP contribution in [0.3, 0.4) is 0 Å². The SMILES string of the molecule is CC(C)(C)[S@@](=O)NC(CCC1CC1)(c1cccnc1)c1ccc(F)c(NC(=O)c2cc(C(F)(F)F)nn2-c2cccc(C(=N)N)c2)c1. The van der Waals surface area contributed by atoms with E-state index in [9.17, 15) is 22.2 Å². The van der Waals surface area contributed by atoms with Gasteiger partial charge in [0.1, 0.15) is 17.3 Å². The van der Waals surface area contributed by atoms with Gasteiger partial charge in [-0.3, -0.25) is 15.2 Å². The Morgan fingerprint density at radius 3 is 2.43 bits per heavy atom. The molecule has 0 aliphatic heterocycles. The number of hydrogen-bond acceptors (Lipinski definition) is 5. The predicted octanol–water partition coefficient (Wildman–Crippen LogP) is 6.45. The van der Waals surface area contributed by atoms with Gasteiger partial charge < -0.3 is 11.1 Å². The predicted molar refractivity (Wildman–Crippen MR) is 172 cm³/mol. The number of benzene rings is 2. The van der Waals surface area contributed by atoms with Gasteiger partial charge in [0, 0.05) is 24.0 Å². The molecule has 9 nitrogen and oxygen atoms in total. The van der Waals surface area contributed by atoms with Crippen molar-refractivity contribution in [2.45, 2.75) is 62.9 Å². The molecular weight excluding hydrogens is 634 g/mol. The number of amidine groups is 1. The number of nitrogen functional groups attached to an aromatic ring is 1. The van der Waals surface area contributed by atoms with Crippen molar-refractivity contribution < 1.29 is 26.6 Å². The van der Waals surface area contributed by atoms with E-state index in [0.717, 1.165) is 30.0 Å². The Labute approximate surface area is 272 Å². The van der Waals surface area contributed by atoms with E-state index in [0.29, 0.717) is 29.5 Å². The molecule has 1 aliphatic rings. The number of pyridine rings is 1. The summed E-state index contributed by atoms with van der Waals surface area (Å²) in [6.07, 6.45) is 1.77. The topological polar surface area (TPSA) is 139 Å². The van der Waals surface area contributed by atoms with Crippen LogP contribution in [-0.4, -0.2) is 35.5 Å². The molecular formula is C33H35F4N7O2S. The quantitative estimate of drug-likeness (QED) is 0.0827. The molecule has 1 amide bonds. The fourth-order valence-electron chi connectivity index (χ4n) is 5.13. The Morgan fingerprint density at radius 1 is 1.06 bits per heavy atom. The third-order valence-corrected chi connectivity index (χ3v) is 9.59. The highest BCUT2D eigenvalue weighted by Crippen LogP contribution is 2.42. The van der Waals surface area contributed by atoms with Gasteiger partial charge in [-0.05, 0) is 81.0 Å². The van der Waals surface area contributed by atoms with E-state index in [1.54, 1.807) is 18.5 Å². The molecule has 5 N–H and O–H groups in total. The monoisotopic (exact) mass is 669 g/mol. The lowest BCUT2D eigenvalue weighted by Gasteiger charge is -2.38. The minimum Gasteiger partial charge on any atom is -0.384 e. The lowest BCUT2D eigenvalue weighted by atomic mass is 9.80. The first-order valence-corrected chi connectivity index (χ1v) is 16.1. The van der Waals surface area contributed by atoms with Crippen LogP contribution >= 0.6 is 0 Å². The van der Waals surface area contributed by atoms with Crippen molar-refractivity contribution in [1.82, 2.24) is 19.5 Å². The highest BCUT2D eigenvalue weighted by molar-refractivity contribution is 7.84. The maximum Gasteiger partial charge on any atom is 0.435 e. The van der Waals surface area contributed by atoms with E-state index < -0.39 is 50.6 Å². The molecule has 0 bridgehead atoms. The Bertz CT molecular complexity index is 1820. The van der Waals surface area contributed by atoms with Crippen molar-refractivity contribution in [2.24, 2.45) is 11.7 Å². The van der Waals surface area contributed by atoms with Crippen LogP contribution in [0, 0.1) is 17.1 Å². The standard InChI is InChI=1S/C33H35F4N7O2S/c1-31(2,3)47(46)43-32(14-13-20-9-10-20,23-7-5-15-40-19-23)22-11-12-25(34)26(17-22)41-30(45)27-18-28(33(35,36)37)42-44(27)24-8-4-6-21(16-24)29(38)39/h4-8,11-12,15-20,43H,9-10,13-14H2,1-3H3,(H3,38,39)(H,41,45)/t32?,47-/m1/s1. The van der Waals surface area contributed by atoms with Crippen LogP contribution in [-0.2, 0) is 22.7 Å². The number of halogens is 4. The molecule has 0 radical (unpaired) electrons. The molecule has 0 spiro atoms. The number of nitrogens with zero attached hydrogens (tertiary/aromatic N) is 3. The van der Waals surface area contributed by atoms with Crippen molar-refractivity contribution in [3.05, 3.63) is 107 Å². The van der Waals surface area contributed by atoms with Gasteiger partial charge in [0.15, 0.2) is 5.69 Å². The summed E-state index contributed by atoms with van der Waals surface area (Å²) >= 11 is 0. The molecule has 248 valence electrons. The van der Waals surface area contributed by atoms with Gasteiger partial charge >= 0.3 is 6.18 Å². The molecule has 2 aromatic carbocycles. The van der Waals surface area contributed by atoms with Crippen LogP contribution in [0.5, 0.6) is 0 Å². The molecule has 1 unspecified atom stereocenters. The Morgan fingerprint density at radius 2 is 1.81 bits per heavy atom. The van der Waals surface area contributed by atoms with E-state index >= 15 is 4.39 Å². The van der Waals surface area contributed by atoms with Crippen LogP contribution in [0.4, 0.5) is 23.2 Å². The second kappa shape index (κ2) is 13.0. The fourth-order valence-corrected chi connectivity index (χ4v) is 6.09. The van der Waals surface area contributed by atoms with Gasteiger partial charge in [0.2, 0.25) is 0 Å². The average molecular weight is 670 g/mol. The lowest BCUT2D eigenvalue weighted by molar-refractivity contribution is -0.141. The summed E-state index contributed by atoms with van der Waals surface area (Å²) in [5, 5.41) is 13.7. The summed E-state index contributed by atoms with van der Waals surface area (Å²) in [5.41, 5.74) is 3.70. The summed E-state index contributed by atoms with van der Waals surface area (Å²) in [6, 6.07) is 13.9. The zero-order chi connectivity index (χ0) is 34.1. The van der Waals surface area contributed by atoms with Crippen LogP contribution in [0.1, 0.15) is 79.3 Å². The number of nitrogens with two attached hydrogens (primary N) is 1. The zero-order valence-electron chi connectivity index (χ0n) is 26.0. The molecule has 0 saturated heterocycles. The number of rotatable bonds is 11. The largest absolute Gasteiger partial charge is 0.435 e. The summed E-state index contributed by atoms with van der Waals surface area (Å²) in [5.74, 6) is -1.74. The Hall–Kier alpha value is -4.43. The number of amides is 1. The van der Waals surface area contributed by atoms with E-state index in [2.05, 4.69) is 20.1 Å². The van der Waals surface area contributed by atoms with Gasteiger partial charge in [-0.15, -0.1) is 0 Å². The van der Waals surface area contributed by atoms with Crippen LogP contribution in [0.25, 0.3) is 5.69 Å². The van der Waals surface area contributed by atoms with Gasteiger partial charge in [-0.1, -0.05) is 37.1 Å². The number of hydrogen-bond donors (Lipinski definition) is 4. The first-order valence-electron chi connectivity index (χ1n) is 14.9. The van der Waals surface area contributed by atoms with Crippen molar-refractivity contribution >= 4 is 28.4 Å². The number of nitrogens with one attached hydrogen (secondary N) is 3. The molecule has 2 aromatic heterocycles. The summed E-state index contributed by atoms with van der Waals surface area (Å²) in [6.45, 7) is 5.48. The highest BCUT2D eigenvalue weighted by Gasteiger charge is 2.41. The zero-order valence-corrected chi connectivity index (χ0v) is 26.8. The number of alkyl halides is 3. The third kappa shape index (κ3) is 7.60. The molecule has 2 atom stereocenters. The van der Waals surface area contributed by atoms with Gasteiger partial charge in [-0.2, -0.15) is 18.3 Å². The molecule has 4 aromatic rings. The van der Waals surface area contributed by atoms with Crippen LogP contribution in [0.15, 0.2) is 73.1 Å². The highest BCUT2D eigenvalue weighted by atomic mass is 32.2. The minimum atomic E-state index is -4.89. The Balaban J connectivity index is 1.59. The number of aromatic nitrogens is 3. The number of carbonyl (C=O) groups excluding carboxylic acids is 1. The van der Waals surface area contributed by atoms with Gasteiger partial charge in [0.25, 0.3) is 5.91 Å². The normalized spacial score (nSPS) is 15.6. The van der Waals surface area contributed by atoms with E-state index in [4.69, 9.17) is 11.1 Å². The Kier molecular flexibility index (Phi) is 9.38. The van der Waals surface area contributed by atoms with Crippen LogP contribution < -0.4 is 15.8 Å². The molecule has 5 rings (SSSR count). The third-order valence-electron chi connectivity index (χ3n) is 7.94. The second-order valence-corrected chi connectivity index (χ2v) is 14.5. The van der Waals surface area contributed by atoms with E-state index in [1.807, 2.05) is 26.8 Å². The van der Waals surface area contributed by atoms with Crippen LogP contribution in [0.2, 0.25) is 0 Å². The summed E-state index contributed by atoms with van der Waals surface area (Å²) in [7, 11) is -1.59. The van der Waals surface area contributed by atoms with E-state index in [1.165, 1.54) is 36.4 Å². The molecule has 1 aliphatic carbocycles. The van der Waals surface area contributed by atoms with Gasteiger partial charge in [-0.25, -0.2) is 18.0 Å². The molecule has 14 heteroatoms. The second-order valence-electron chi connectivity index (χ2n) is 12.5. The molecule has 47 heavy (non-hydrogen) atoms. The lowest BCUT2D eigenvalue weighted by Crippen LogP contribution is -2.49. The summed E-state index contributed by atoms with van der Waals surface area (Å²) < 4.78 is 73.8. The molecule has 2 heterocycles. The summed E-state index contributed by atoms with van der Waals surface area (Å²) in [4.78, 5) is 17.9. The van der Waals surface area contributed by atoms with Crippen molar-refractivity contribution in [2.75, 3.05) is 5.32 Å². The maximum absolute atomic E-state index is 15.4. The molecule has 1 fully saturated rings. The maximum atomic E-state index is 15.4. The first-order chi connectivity index (χ1) is 22.1.